The molecule has 1 aromatic rings. The van der Waals surface area contributed by atoms with E-state index in [0.717, 1.165) is 6.07 Å². The molecule has 2 unspecified atom stereocenters. The van der Waals surface area contributed by atoms with Gasteiger partial charge in [-0.3, -0.25) is 0 Å². The van der Waals surface area contributed by atoms with E-state index in [-0.39, 0.29) is 22.9 Å². The van der Waals surface area contributed by atoms with Crippen molar-refractivity contribution in [2.75, 3.05) is 18.7 Å². The summed E-state index contributed by atoms with van der Waals surface area (Å²) in [6, 6.07) is 2.27. The molecule has 0 aliphatic rings. The molecular weight excluding hydrogens is 237 g/mol. The van der Waals surface area contributed by atoms with Crippen LogP contribution in [0.5, 0.6) is 5.75 Å². The molecule has 90 valence electrons. The molecule has 1 rings (SSSR count). The lowest BCUT2D eigenvalue weighted by Crippen LogP contribution is -2.21. The minimum Gasteiger partial charge on any atom is -0.495 e. The molecule has 1 aromatic carbocycles. The quantitative estimate of drug-likeness (QED) is 0.551. The Morgan fingerprint density at radius 2 is 2.12 bits per heavy atom. The standard InChI is InChI=1S/C10H13ClFNO3/c1-16-9-2-5(6(12)3-7(9)13)10(15)8(14)4-11/h2-3,8,10,14-15H,4,13H2,1H3. The number of hydrogen-bond acceptors (Lipinski definition) is 4. The highest BCUT2D eigenvalue weighted by molar-refractivity contribution is 6.18. The Kier molecular flexibility index (Phi) is 4.35. The van der Waals surface area contributed by atoms with Gasteiger partial charge in [0.05, 0.1) is 24.8 Å². The Morgan fingerprint density at radius 1 is 1.50 bits per heavy atom. The maximum atomic E-state index is 13.5. The first kappa shape index (κ1) is 13.0. The van der Waals surface area contributed by atoms with E-state index in [0.29, 0.717) is 0 Å². The fourth-order valence-corrected chi connectivity index (χ4v) is 1.45. The molecule has 0 fully saturated rings. The normalized spacial score (nSPS) is 14.6. The zero-order chi connectivity index (χ0) is 12.3. The molecule has 0 saturated heterocycles. The summed E-state index contributed by atoms with van der Waals surface area (Å²) in [7, 11) is 1.37. The predicted octanol–water partition coefficient (Wildman–Crippen LogP) is 1.05. The van der Waals surface area contributed by atoms with Crippen molar-refractivity contribution < 1.29 is 19.3 Å². The van der Waals surface area contributed by atoms with Crippen molar-refractivity contribution in [3.05, 3.63) is 23.5 Å². The van der Waals surface area contributed by atoms with Gasteiger partial charge in [-0.1, -0.05) is 0 Å². The van der Waals surface area contributed by atoms with Gasteiger partial charge in [0.25, 0.3) is 0 Å². The van der Waals surface area contributed by atoms with E-state index >= 15 is 0 Å². The minimum atomic E-state index is -1.41. The maximum Gasteiger partial charge on any atom is 0.142 e. The summed E-state index contributed by atoms with van der Waals surface area (Å²) in [5.74, 6) is -0.681. The predicted molar refractivity (Wildman–Crippen MR) is 59.1 cm³/mol. The molecule has 0 aliphatic heterocycles. The number of nitrogen functional groups attached to an aromatic ring is 1. The van der Waals surface area contributed by atoms with Gasteiger partial charge in [0.15, 0.2) is 0 Å². The Balaban J connectivity index is 3.13. The van der Waals surface area contributed by atoms with Gasteiger partial charge in [0.2, 0.25) is 0 Å². The molecule has 0 heterocycles. The van der Waals surface area contributed by atoms with Crippen LogP contribution in [0.15, 0.2) is 12.1 Å². The number of methoxy groups -OCH3 is 1. The lowest BCUT2D eigenvalue weighted by molar-refractivity contribution is 0.0303. The first-order chi connectivity index (χ1) is 7.51. The molecule has 0 bridgehead atoms. The number of alkyl halides is 1. The number of benzene rings is 1. The lowest BCUT2D eigenvalue weighted by atomic mass is 10.0. The molecule has 6 heteroatoms. The summed E-state index contributed by atoms with van der Waals surface area (Å²) in [6.45, 7) is 0. The van der Waals surface area contributed by atoms with Gasteiger partial charge in [-0.05, 0) is 6.07 Å². The summed E-state index contributed by atoms with van der Waals surface area (Å²) in [6.07, 6.45) is -2.66. The average molecular weight is 250 g/mol. The van der Waals surface area contributed by atoms with Gasteiger partial charge < -0.3 is 20.7 Å². The zero-order valence-electron chi connectivity index (χ0n) is 8.65. The number of halogens is 2. The smallest absolute Gasteiger partial charge is 0.142 e. The molecule has 0 radical (unpaired) electrons. The van der Waals surface area contributed by atoms with Gasteiger partial charge in [-0.15, -0.1) is 11.6 Å². The van der Waals surface area contributed by atoms with E-state index in [1.54, 1.807) is 0 Å². The van der Waals surface area contributed by atoms with Crippen molar-refractivity contribution in [2.24, 2.45) is 0 Å². The van der Waals surface area contributed by atoms with Crippen LogP contribution < -0.4 is 10.5 Å². The Hall–Kier alpha value is -1.04. The second kappa shape index (κ2) is 5.34. The molecule has 2 atom stereocenters. The number of hydrogen-bond donors (Lipinski definition) is 3. The summed E-state index contributed by atoms with van der Waals surface area (Å²) >= 11 is 5.37. The van der Waals surface area contributed by atoms with Crippen molar-refractivity contribution in [3.63, 3.8) is 0 Å². The number of nitrogens with two attached hydrogens (primary N) is 1. The summed E-state index contributed by atoms with van der Waals surface area (Å²) < 4.78 is 18.4. The minimum absolute atomic E-state index is 0.0980. The third-order valence-electron chi connectivity index (χ3n) is 2.19. The SMILES string of the molecule is COc1cc(C(O)C(O)CCl)c(F)cc1N. The molecule has 4 N–H and O–H groups in total. The van der Waals surface area contributed by atoms with Crippen LogP contribution in [0.2, 0.25) is 0 Å². The highest BCUT2D eigenvalue weighted by atomic mass is 35.5. The second-order valence-corrected chi connectivity index (χ2v) is 3.59. The van der Waals surface area contributed by atoms with E-state index in [2.05, 4.69) is 0 Å². The zero-order valence-corrected chi connectivity index (χ0v) is 9.41. The van der Waals surface area contributed by atoms with Gasteiger partial charge in [0, 0.05) is 11.6 Å². The van der Waals surface area contributed by atoms with E-state index < -0.39 is 18.0 Å². The van der Waals surface area contributed by atoms with Crippen LogP contribution in [0.1, 0.15) is 11.7 Å². The highest BCUT2D eigenvalue weighted by Crippen LogP contribution is 2.30. The van der Waals surface area contributed by atoms with Crippen LogP contribution in [0, 0.1) is 5.82 Å². The number of rotatable bonds is 4. The molecule has 4 nitrogen and oxygen atoms in total. The lowest BCUT2D eigenvalue weighted by Gasteiger charge is -2.17. The van der Waals surface area contributed by atoms with E-state index in [1.807, 2.05) is 0 Å². The van der Waals surface area contributed by atoms with Gasteiger partial charge in [-0.25, -0.2) is 4.39 Å². The van der Waals surface area contributed by atoms with E-state index in [1.165, 1.54) is 13.2 Å². The van der Waals surface area contributed by atoms with E-state index in [9.17, 15) is 14.6 Å². The van der Waals surface area contributed by atoms with Crippen molar-refractivity contribution in [1.29, 1.82) is 0 Å². The van der Waals surface area contributed by atoms with Crippen LogP contribution in [-0.4, -0.2) is 29.3 Å². The largest absolute Gasteiger partial charge is 0.495 e. The molecule has 0 amide bonds. The number of ether oxygens (including phenoxy) is 1. The molecular formula is C10H13ClFNO3. The number of aliphatic hydroxyl groups is 2. The fourth-order valence-electron chi connectivity index (χ4n) is 1.28. The van der Waals surface area contributed by atoms with Crippen molar-refractivity contribution in [1.82, 2.24) is 0 Å². The molecule has 0 aromatic heterocycles. The monoisotopic (exact) mass is 249 g/mol. The third-order valence-corrected chi connectivity index (χ3v) is 2.51. The first-order valence-electron chi connectivity index (χ1n) is 4.56. The maximum absolute atomic E-state index is 13.5. The summed E-state index contributed by atoms with van der Waals surface area (Å²) in [5.41, 5.74) is 5.50. The highest BCUT2D eigenvalue weighted by Gasteiger charge is 2.22. The van der Waals surface area contributed by atoms with E-state index in [4.69, 9.17) is 22.1 Å². The van der Waals surface area contributed by atoms with Crippen LogP contribution in [0.25, 0.3) is 0 Å². The molecule has 0 aliphatic carbocycles. The van der Waals surface area contributed by atoms with Crippen molar-refractivity contribution >= 4 is 17.3 Å². The molecule has 0 spiro atoms. The van der Waals surface area contributed by atoms with Crippen molar-refractivity contribution in [3.8, 4) is 5.75 Å². The van der Waals surface area contributed by atoms with Crippen LogP contribution in [0.4, 0.5) is 10.1 Å². The number of anilines is 1. The fraction of sp³-hybridized carbons (Fsp3) is 0.400. The van der Waals surface area contributed by atoms with Crippen LogP contribution >= 0.6 is 11.6 Å². The Bertz CT molecular complexity index is 375. The average Bonchev–Trinajstić information content (AvgIpc) is 2.27. The Morgan fingerprint density at radius 3 is 2.62 bits per heavy atom. The summed E-state index contributed by atoms with van der Waals surface area (Å²) in [4.78, 5) is 0. The first-order valence-corrected chi connectivity index (χ1v) is 5.09. The third kappa shape index (κ3) is 2.55. The molecule has 16 heavy (non-hydrogen) atoms. The van der Waals surface area contributed by atoms with Crippen LogP contribution in [-0.2, 0) is 0 Å². The van der Waals surface area contributed by atoms with Crippen molar-refractivity contribution in [2.45, 2.75) is 12.2 Å². The molecule has 0 saturated carbocycles. The topological polar surface area (TPSA) is 75.7 Å². The van der Waals surface area contributed by atoms with Gasteiger partial charge in [0.1, 0.15) is 17.7 Å². The van der Waals surface area contributed by atoms with Crippen LogP contribution in [0.3, 0.4) is 0 Å². The van der Waals surface area contributed by atoms with Gasteiger partial charge in [-0.2, -0.15) is 0 Å². The Labute approximate surface area is 97.4 Å². The number of aliphatic hydroxyl groups excluding tert-OH is 2. The van der Waals surface area contributed by atoms with Gasteiger partial charge >= 0.3 is 0 Å². The second-order valence-electron chi connectivity index (χ2n) is 3.28. The summed E-state index contributed by atoms with van der Waals surface area (Å²) in [5, 5.41) is 18.9.